The fourth-order valence-electron chi connectivity index (χ4n) is 1.79. The van der Waals surface area contributed by atoms with Gasteiger partial charge in [0.25, 0.3) is 5.88 Å². The van der Waals surface area contributed by atoms with E-state index in [1.807, 2.05) is 25.2 Å². The minimum Gasteiger partial charge on any atom is -0.433 e. The third-order valence-electron chi connectivity index (χ3n) is 2.71. The van der Waals surface area contributed by atoms with E-state index >= 15 is 0 Å². The van der Waals surface area contributed by atoms with Crippen LogP contribution in [0.2, 0.25) is 0 Å². The molecule has 6 nitrogen and oxygen atoms in total. The molecule has 0 unspecified atom stereocenters. The van der Waals surface area contributed by atoms with Gasteiger partial charge < -0.3 is 10.1 Å². The quantitative estimate of drug-likeness (QED) is 0.669. The predicted octanol–water partition coefficient (Wildman–Crippen LogP) is 2.81. The Balaban J connectivity index is 2.37. The summed E-state index contributed by atoms with van der Waals surface area (Å²) in [6.07, 6.45) is 1.54. The summed E-state index contributed by atoms with van der Waals surface area (Å²) in [5.41, 5.74) is 1.49. The third-order valence-corrected chi connectivity index (χ3v) is 2.71. The highest BCUT2D eigenvalue weighted by Crippen LogP contribution is 2.31. The number of para-hydroxylation sites is 1. The molecule has 0 fully saturated rings. The average Bonchev–Trinajstić information content (AvgIpc) is 2.43. The van der Waals surface area contributed by atoms with Gasteiger partial charge in [-0.2, -0.15) is 0 Å². The molecule has 1 heterocycles. The molecule has 2 aromatic rings. The van der Waals surface area contributed by atoms with Crippen molar-refractivity contribution in [3.05, 3.63) is 57.8 Å². The number of nitro groups is 1. The molecule has 0 spiro atoms. The van der Waals surface area contributed by atoms with Gasteiger partial charge in [0.15, 0.2) is 0 Å². The zero-order valence-electron chi connectivity index (χ0n) is 11.3. The molecule has 0 aliphatic carbocycles. The Morgan fingerprint density at radius 3 is 2.85 bits per heavy atom. The molecule has 0 aliphatic heterocycles. The first-order valence-corrected chi connectivity index (χ1v) is 6.13. The Hall–Kier alpha value is -2.47. The van der Waals surface area contributed by atoms with Crippen LogP contribution < -0.4 is 10.1 Å². The lowest BCUT2D eigenvalue weighted by molar-refractivity contribution is -0.386. The van der Waals surface area contributed by atoms with Crippen LogP contribution in [0.1, 0.15) is 11.1 Å². The van der Waals surface area contributed by atoms with Crippen molar-refractivity contribution >= 4 is 5.69 Å². The minimum absolute atomic E-state index is 0.00385. The van der Waals surface area contributed by atoms with Crippen LogP contribution in [0.25, 0.3) is 0 Å². The van der Waals surface area contributed by atoms with Crippen molar-refractivity contribution in [3.8, 4) is 11.6 Å². The van der Waals surface area contributed by atoms with Crippen LogP contribution in [-0.4, -0.2) is 17.0 Å². The lowest BCUT2D eigenvalue weighted by Crippen LogP contribution is -2.06. The van der Waals surface area contributed by atoms with Crippen LogP contribution in [0.5, 0.6) is 11.6 Å². The molecular weight excluding hydrogens is 258 g/mol. The van der Waals surface area contributed by atoms with Gasteiger partial charge in [0.05, 0.1) is 4.92 Å². The Bertz CT molecular complexity index is 629. The van der Waals surface area contributed by atoms with Gasteiger partial charge in [-0.3, -0.25) is 10.1 Å². The lowest BCUT2D eigenvalue weighted by Gasteiger charge is -2.10. The SMILES string of the molecule is CNCc1ccccc1Oc1ncc(C)cc1[N+](=O)[O-]. The van der Waals surface area contributed by atoms with E-state index in [1.165, 1.54) is 6.07 Å². The molecule has 1 N–H and O–H groups in total. The van der Waals surface area contributed by atoms with Crippen LogP contribution in [0.4, 0.5) is 5.69 Å². The molecule has 0 amide bonds. The predicted molar refractivity (Wildman–Crippen MR) is 74.9 cm³/mol. The van der Waals surface area contributed by atoms with Crippen molar-refractivity contribution in [2.45, 2.75) is 13.5 Å². The fraction of sp³-hybridized carbons (Fsp3) is 0.214. The highest BCUT2D eigenvalue weighted by molar-refractivity contribution is 5.46. The third kappa shape index (κ3) is 3.10. The van der Waals surface area contributed by atoms with E-state index < -0.39 is 4.92 Å². The highest BCUT2D eigenvalue weighted by atomic mass is 16.6. The highest BCUT2D eigenvalue weighted by Gasteiger charge is 2.18. The Labute approximate surface area is 116 Å². The number of rotatable bonds is 5. The Kier molecular flexibility index (Phi) is 4.27. The molecule has 0 saturated heterocycles. The molecule has 0 bridgehead atoms. The molecule has 1 aromatic heterocycles. The molecule has 104 valence electrons. The summed E-state index contributed by atoms with van der Waals surface area (Å²) in [5, 5.41) is 14.1. The second kappa shape index (κ2) is 6.12. The Morgan fingerprint density at radius 2 is 2.15 bits per heavy atom. The van der Waals surface area contributed by atoms with E-state index in [2.05, 4.69) is 10.3 Å². The van der Waals surface area contributed by atoms with Gasteiger partial charge in [0.2, 0.25) is 0 Å². The lowest BCUT2D eigenvalue weighted by atomic mass is 10.2. The molecule has 0 aliphatic rings. The largest absolute Gasteiger partial charge is 0.433 e. The smallest absolute Gasteiger partial charge is 0.331 e. The van der Waals surface area contributed by atoms with E-state index in [1.54, 1.807) is 19.2 Å². The number of nitrogens with zero attached hydrogens (tertiary/aromatic N) is 2. The number of hydrogen-bond donors (Lipinski definition) is 1. The Morgan fingerprint density at radius 1 is 1.40 bits per heavy atom. The first-order valence-electron chi connectivity index (χ1n) is 6.13. The number of hydrogen-bond acceptors (Lipinski definition) is 5. The maximum Gasteiger partial charge on any atom is 0.331 e. The number of aromatic nitrogens is 1. The van der Waals surface area contributed by atoms with E-state index in [9.17, 15) is 10.1 Å². The van der Waals surface area contributed by atoms with E-state index in [0.717, 1.165) is 5.56 Å². The zero-order chi connectivity index (χ0) is 14.5. The molecular formula is C14H15N3O3. The number of nitrogens with one attached hydrogen (secondary N) is 1. The minimum atomic E-state index is -0.490. The van der Waals surface area contributed by atoms with Gasteiger partial charge in [-0.25, -0.2) is 4.98 Å². The topological polar surface area (TPSA) is 77.3 Å². The van der Waals surface area contributed by atoms with Gasteiger partial charge in [0, 0.05) is 24.4 Å². The first-order chi connectivity index (χ1) is 9.61. The molecule has 0 atom stereocenters. The molecule has 6 heteroatoms. The average molecular weight is 273 g/mol. The second-order valence-electron chi connectivity index (χ2n) is 4.33. The standard InChI is InChI=1S/C14H15N3O3/c1-10-7-12(17(18)19)14(16-8-10)20-13-6-4-3-5-11(13)9-15-2/h3-8,15H,9H2,1-2H3. The van der Waals surface area contributed by atoms with Gasteiger partial charge in [-0.15, -0.1) is 0 Å². The summed E-state index contributed by atoms with van der Waals surface area (Å²) in [6, 6.07) is 8.80. The van der Waals surface area contributed by atoms with E-state index in [-0.39, 0.29) is 11.6 Å². The summed E-state index contributed by atoms with van der Waals surface area (Å²) in [4.78, 5) is 14.6. The molecule has 20 heavy (non-hydrogen) atoms. The number of ether oxygens (including phenoxy) is 1. The van der Waals surface area contributed by atoms with Crippen molar-refractivity contribution in [3.63, 3.8) is 0 Å². The molecule has 0 saturated carbocycles. The number of pyridine rings is 1. The zero-order valence-corrected chi connectivity index (χ0v) is 11.3. The number of aryl methyl sites for hydroxylation is 1. The summed E-state index contributed by atoms with van der Waals surface area (Å²) >= 11 is 0. The normalized spacial score (nSPS) is 10.3. The van der Waals surface area contributed by atoms with Crippen molar-refractivity contribution in [1.82, 2.24) is 10.3 Å². The van der Waals surface area contributed by atoms with Gasteiger partial charge in [-0.05, 0) is 25.6 Å². The van der Waals surface area contributed by atoms with Crippen LogP contribution in [0.15, 0.2) is 36.5 Å². The van der Waals surface area contributed by atoms with Crippen molar-refractivity contribution in [1.29, 1.82) is 0 Å². The van der Waals surface area contributed by atoms with Crippen LogP contribution >= 0.6 is 0 Å². The summed E-state index contributed by atoms with van der Waals surface area (Å²) in [6.45, 7) is 2.36. The summed E-state index contributed by atoms with van der Waals surface area (Å²) in [7, 11) is 1.82. The molecule has 2 rings (SSSR count). The maximum absolute atomic E-state index is 11.0. The van der Waals surface area contributed by atoms with Crippen molar-refractivity contribution in [2.24, 2.45) is 0 Å². The van der Waals surface area contributed by atoms with E-state index in [4.69, 9.17) is 4.74 Å². The monoisotopic (exact) mass is 273 g/mol. The van der Waals surface area contributed by atoms with E-state index in [0.29, 0.717) is 17.9 Å². The van der Waals surface area contributed by atoms with Crippen LogP contribution in [-0.2, 0) is 6.54 Å². The molecule has 0 radical (unpaired) electrons. The fourth-order valence-corrected chi connectivity index (χ4v) is 1.79. The number of benzene rings is 1. The first kappa shape index (κ1) is 14.0. The molecule has 1 aromatic carbocycles. The van der Waals surface area contributed by atoms with Crippen LogP contribution in [0.3, 0.4) is 0 Å². The van der Waals surface area contributed by atoms with Gasteiger partial charge in [0.1, 0.15) is 5.75 Å². The summed E-state index contributed by atoms with van der Waals surface area (Å²) in [5.74, 6) is 0.561. The second-order valence-corrected chi connectivity index (χ2v) is 4.33. The van der Waals surface area contributed by atoms with Gasteiger partial charge >= 0.3 is 5.69 Å². The summed E-state index contributed by atoms with van der Waals surface area (Å²) < 4.78 is 5.62. The van der Waals surface area contributed by atoms with Crippen molar-refractivity contribution < 1.29 is 9.66 Å². The van der Waals surface area contributed by atoms with Crippen LogP contribution in [0, 0.1) is 17.0 Å². The van der Waals surface area contributed by atoms with Crippen molar-refractivity contribution in [2.75, 3.05) is 7.05 Å². The van der Waals surface area contributed by atoms with Gasteiger partial charge in [-0.1, -0.05) is 18.2 Å². The maximum atomic E-state index is 11.0.